The third-order valence-corrected chi connectivity index (χ3v) is 8.97. The highest BCUT2D eigenvalue weighted by molar-refractivity contribution is 6.18. The standard InChI is InChI=1S/C43H29N3/c1-4-12-30(13-5-1)32-20-22-35(23-21-32)46-41-19-11-10-18-36(41)37-24-25-40-38(43(37)46)26-27-45(40)42-29-34(31-14-6-2-7-15-31)28-39(44-42)33-16-8-3-9-17-33/h1-29H. The lowest BCUT2D eigenvalue weighted by Gasteiger charge is -2.13. The molecule has 0 saturated heterocycles. The van der Waals surface area contributed by atoms with E-state index in [4.69, 9.17) is 4.98 Å². The normalized spacial score (nSPS) is 11.5. The summed E-state index contributed by atoms with van der Waals surface area (Å²) in [5.74, 6) is 0.893. The highest BCUT2D eigenvalue weighted by Gasteiger charge is 2.18. The molecule has 0 aliphatic carbocycles. The third-order valence-electron chi connectivity index (χ3n) is 8.97. The van der Waals surface area contributed by atoms with E-state index < -0.39 is 0 Å². The number of rotatable bonds is 5. The molecule has 0 radical (unpaired) electrons. The summed E-state index contributed by atoms with van der Waals surface area (Å²) in [6.07, 6.45) is 2.16. The van der Waals surface area contributed by atoms with Crippen LogP contribution in [0, 0.1) is 0 Å². The van der Waals surface area contributed by atoms with Crippen molar-refractivity contribution in [2.75, 3.05) is 0 Å². The molecule has 9 aromatic rings. The van der Waals surface area contributed by atoms with Crippen LogP contribution in [0.1, 0.15) is 0 Å². The predicted octanol–water partition coefficient (Wildman–Crippen LogP) is 11.1. The first kappa shape index (κ1) is 26.2. The lowest BCUT2D eigenvalue weighted by molar-refractivity contribution is 1.05. The molecular formula is C43H29N3. The molecule has 0 aliphatic rings. The maximum absolute atomic E-state index is 5.22. The van der Waals surface area contributed by atoms with Crippen molar-refractivity contribution in [3.05, 3.63) is 176 Å². The third kappa shape index (κ3) is 4.33. The number of fused-ring (bicyclic) bond motifs is 5. The van der Waals surface area contributed by atoms with E-state index in [1.807, 2.05) is 6.07 Å². The van der Waals surface area contributed by atoms with Crippen LogP contribution in [0.5, 0.6) is 0 Å². The van der Waals surface area contributed by atoms with Crippen molar-refractivity contribution in [3.63, 3.8) is 0 Å². The van der Waals surface area contributed by atoms with Gasteiger partial charge in [0.05, 0.1) is 22.2 Å². The van der Waals surface area contributed by atoms with Crippen LogP contribution in [0.15, 0.2) is 176 Å². The smallest absolute Gasteiger partial charge is 0.138 e. The van der Waals surface area contributed by atoms with E-state index in [9.17, 15) is 0 Å². The fraction of sp³-hybridized carbons (Fsp3) is 0. The summed E-state index contributed by atoms with van der Waals surface area (Å²) in [7, 11) is 0. The summed E-state index contributed by atoms with van der Waals surface area (Å²) in [5.41, 5.74) is 11.4. The Bertz CT molecular complexity index is 2430. The summed E-state index contributed by atoms with van der Waals surface area (Å²) in [5, 5.41) is 3.67. The summed E-state index contributed by atoms with van der Waals surface area (Å²) < 4.78 is 4.64. The molecule has 3 nitrogen and oxygen atoms in total. The van der Waals surface area contributed by atoms with Crippen LogP contribution in [0.3, 0.4) is 0 Å². The Morgan fingerprint density at radius 1 is 0.391 bits per heavy atom. The molecule has 216 valence electrons. The molecular weight excluding hydrogens is 558 g/mol. The second-order valence-electron chi connectivity index (χ2n) is 11.7. The molecule has 3 aromatic heterocycles. The van der Waals surface area contributed by atoms with E-state index in [1.165, 1.54) is 43.9 Å². The molecule has 0 N–H and O–H groups in total. The zero-order valence-electron chi connectivity index (χ0n) is 25.1. The van der Waals surface area contributed by atoms with E-state index >= 15 is 0 Å². The number of nitrogens with zero attached hydrogens (tertiary/aromatic N) is 3. The summed E-state index contributed by atoms with van der Waals surface area (Å²) in [6, 6.07) is 60.3. The van der Waals surface area contributed by atoms with Gasteiger partial charge in [-0.25, -0.2) is 4.98 Å². The van der Waals surface area contributed by atoms with Crippen LogP contribution in [-0.4, -0.2) is 14.1 Å². The Kier molecular flexibility index (Phi) is 6.14. The van der Waals surface area contributed by atoms with E-state index in [2.05, 4.69) is 179 Å². The highest BCUT2D eigenvalue weighted by Crippen LogP contribution is 2.38. The minimum atomic E-state index is 0.893. The Labute approximate surface area is 267 Å². The first-order valence-corrected chi connectivity index (χ1v) is 15.6. The van der Waals surface area contributed by atoms with Gasteiger partial charge in [0, 0.05) is 33.6 Å². The van der Waals surface area contributed by atoms with Crippen LogP contribution in [-0.2, 0) is 0 Å². The van der Waals surface area contributed by atoms with Gasteiger partial charge in [-0.1, -0.05) is 127 Å². The van der Waals surface area contributed by atoms with E-state index in [1.54, 1.807) is 0 Å². The largest absolute Gasteiger partial charge is 0.309 e. The Hall–Kier alpha value is -6.19. The first-order valence-electron chi connectivity index (χ1n) is 15.6. The van der Waals surface area contributed by atoms with Gasteiger partial charge in [-0.15, -0.1) is 0 Å². The summed E-state index contributed by atoms with van der Waals surface area (Å²) in [6.45, 7) is 0. The van der Waals surface area contributed by atoms with Crippen LogP contribution >= 0.6 is 0 Å². The fourth-order valence-electron chi connectivity index (χ4n) is 6.77. The predicted molar refractivity (Wildman–Crippen MR) is 192 cm³/mol. The van der Waals surface area contributed by atoms with Gasteiger partial charge in [0.1, 0.15) is 5.82 Å². The van der Waals surface area contributed by atoms with E-state index in [-0.39, 0.29) is 0 Å². The lowest BCUT2D eigenvalue weighted by Crippen LogP contribution is -1.99. The second kappa shape index (κ2) is 10.8. The van der Waals surface area contributed by atoms with Gasteiger partial charge in [-0.2, -0.15) is 0 Å². The number of aromatic nitrogens is 3. The molecule has 6 aromatic carbocycles. The van der Waals surface area contributed by atoms with Crippen LogP contribution < -0.4 is 0 Å². The second-order valence-corrected chi connectivity index (χ2v) is 11.7. The SMILES string of the molecule is c1ccc(-c2ccc(-n3c4ccccc4c4ccc5c(ccn5-c5cc(-c6ccccc6)cc(-c6ccccc6)n5)c43)cc2)cc1. The number of para-hydroxylation sites is 1. The van der Waals surface area contributed by atoms with Crippen molar-refractivity contribution >= 4 is 32.7 Å². The van der Waals surface area contributed by atoms with Crippen molar-refractivity contribution in [2.24, 2.45) is 0 Å². The fourth-order valence-corrected chi connectivity index (χ4v) is 6.77. The number of benzene rings is 6. The number of pyridine rings is 1. The van der Waals surface area contributed by atoms with Gasteiger partial charge in [-0.05, 0) is 64.7 Å². The molecule has 3 heteroatoms. The molecule has 0 unspecified atom stereocenters. The molecule has 9 rings (SSSR count). The molecule has 0 amide bonds. The van der Waals surface area contributed by atoms with Crippen LogP contribution in [0.25, 0.3) is 77.7 Å². The number of hydrogen-bond donors (Lipinski definition) is 0. The van der Waals surface area contributed by atoms with Gasteiger partial charge in [-0.3, -0.25) is 0 Å². The van der Waals surface area contributed by atoms with Gasteiger partial charge >= 0.3 is 0 Å². The average molecular weight is 588 g/mol. The van der Waals surface area contributed by atoms with Crippen molar-refractivity contribution in [1.29, 1.82) is 0 Å². The van der Waals surface area contributed by atoms with Crippen molar-refractivity contribution in [2.45, 2.75) is 0 Å². The molecule has 0 bridgehead atoms. The monoisotopic (exact) mass is 587 g/mol. The quantitative estimate of drug-likeness (QED) is 0.196. The van der Waals surface area contributed by atoms with Crippen molar-refractivity contribution in [1.82, 2.24) is 14.1 Å². The molecule has 0 saturated carbocycles. The zero-order chi connectivity index (χ0) is 30.5. The minimum Gasteiger partial charge on any atom is -0.309 e. The molecule has 0 fully saturated rings. The highest BCUT2D eigenvalue weighted by atomic mass is 15.1. The Morgan fingerprint density at radius 3 is 1.72 bits per heavy atom. The topological polar surface area (TPSA) is 22.8 Å². The summed E-state index contributed by atoms with van der Waals surface area (Å²) in [4.78, 5) is 5.22. The first-order chi connectivity index (χ1) is 22.8. The molecule has 3 heterocycles. The van der Waals surface area contributed by atoms with Gasteiger partial charge in [0.15, 0.2) is 0 Å². The van der Waals surface area contributed by atoms with Gasteiger partial charge in [0.25, 0.3) is 0 Å². The van der Waals surface area contributed by atoms with Crippen LogP contribution in [0.2, 0.25) is 0 Å². The van der Waals surface area contributed by atoms with Crippen molar-refractivity contribution in [3.8, 4) is 45.0 Å². The van der Waals surface area contributed by atoms with Crippen LogP contribution in [0.4, 0.5) is 0 Å². The Balaban J connectivity index is 1.26. The van der Waals surface area contributed by atoms with Gasteiger partial charge in [0.2, 0.25) is 0 Å². The maximum Gasteiger partial charge on any atom is 0.138 e. The van der Waals surface area contributed by atoms with Crippen molar-refractivity contribution < 1.29 is 0 Å². The lowest BCUT2D eigenvalue weighted by atomic mass is 10.0. The Morgan fingerprint density at radius 2 is 1.00 bits per heavy atom. The average Bonchev–Trinajstić information content (AvgIpc) is 3.72. The molecule has 0 atom stereocenters. The van der Waals surface area contributed by atoms with Gasteiger partial charge < -0.3 is 9.13 Å². The van der Waals surface area contributed by atoms with E-state index in [0.717, 1.165) is 33.8 Å². The van der Waals surface area contributed by atoms with E-state index in [0.29, 0.717) is 0 Å². The zero-order valence-corrected chi connectivity index (χ0v) is 25.1. The molecule has 0 aliphatic heterocycles. The molecule has 46 heavy (non-hydrogen) atoms. The number of hydrogen-bond acceptors (Lipinski definition) is 1. The summed E-state index contributed by atoms with van der Waals surface area (Å²) >= 11 is 0. The molecule has 0 spiro atoms. The minimum absolute atomic E-state index is 0.893. The maximum atomic E-state index is 5.22.